The van der Waals surface area contributed by atoms with E-state index >= 15 is 0 Å². The molecule has 2 unspecified atom stereocenters. The molecule has 0 aliphatic heterocycles. The minimum atomic E-state index is 0.821. The first kappa shape index (κ1) is 9.83. The van der Waals surface area contributed by atoms with Gasteiger partial charge in [0.25, 0.3) is 0 Å². The lowest BCUT2D eigenvalue weighted by atomic mass is 9.75. The summed E-state index contributed by atoms with van der Waals surface area (Å²) in [6.07, 6.45) is 9.28. The molecule has 0 nitrogen and oxygen atoms in total. The van der Waals surface area contributed by atoms with Crippen LogP contribution in [0, 0.1) is 17.8 Å². The highest BCUT2D eigenvalue weighted by atomic mass is 14.3. The average Bonchev–Trinajstić information content (AvgIpc) is 2.04. The molecule has 2 atom stereocenters. The van der Waals surface area contributed by atoms with E-state index in [2.05, 4.69) is 26.5 Å². The number of hydrogen-bond acceptors (Lipinski definition) is 0. The van der Waals surface area contributed by atoms with E-state index < -0.39 is 0 Å². The topological polar surface area (TPSA) is 0 Å². The van der Waals surface area contributed by atoms with Crippen molar-refractivity contribution in [2.75, 3.05) is 0 Å². The summed E-state index contributed by atoms with van der Waals surface area (Å²) in [5.74, 6) is 2.62. The SMILES string of the molecule is C=CC1CCCCC1CC(C)C. The first-order valence-corrected chi connectivity index (χ1v) is 5.36. The van der Waals surface area contributed by atoms with Gasteiger partial charge in [-0.2, -0.15) is 0 Å². The highest BCUT2D eigenvalue weighted by molar-refractivity contribution is 4.87. The molecule has 0 heteroatoms. The van der Waals surface area contributed by atoms with Gasteiger partial charge in [0.05, 0.1) is 0 Å². The smallest absolute Gasteiger partial charge is 0.0208 e. The zero-order valence-corrected chi connectivity index (χ0v) is 8.55. The van der Waals surface area contributed by atoms with E-state index in [1.807, 2.05) is 0 Å². The van der Waals surface area contributed by atoms with Gasteiger partial charge in [0, 0.05) is 0 Å². The van der Waals surface area contributed by atoms with E-state index in [1.54, 1.807) is 0 Å². The molecule has 1 saturated carbocycles. The summed E-state index contributed by atoms with van der Waals surface area (Å²) in [6.45, 7) is 8.60. The van der Waals surface area contributed by atoms with Crippen molar-refractivity contribution < 1.29 is 0 Å². The molecule has 0 aromatic heterocycles. The Morgan fingerprint density at radius 3 is 2.58 bits per heavy atom. The van der Waals surface area contributed by atoms with Crippen LogP contribution < -0.4 is 0 Å². The highest BCUT2D eigenvalue weighted by Crippen LogP contribution is 2.34. The van der Waals surface area contributed by atoms with Gasteiger partial charge in [-0.1, -0.05) is 32.8 Å². The fraction of sp³-hybridized carbons (Fsp3) is 0.833. The van der Waals surface area contributed by atoms with Crippen LogP contribution in [0.25, 0.3) is 0 Å². The molecule has 0 heterocycles. The van der Waals surface area contributed by atoms with Gasteiger partial charge in [-0.3, -0.25) is 0 Å². The number of hydrogen-bond donors (Lipinski definition) is 0. The summed E-state index contributed by atoms with van der Waals surface area (Å²) in [4.78, 5) is 0. The highest BCUT2D eigenvalue weighted by Gasteiger charge is 2.22. The standard InChI is InChI=1S/C12H22/c1-4-11-7-5-6-8-12(11)9-10(2)3/h4,10-12H,1,5-9H2,2-3H3. The molecule has 0 saturated heterocycles. The van der Waals surface area contributed by atoms with Crippen molar-refractivity contribution in [3.8, 4) is 0 Å². The molecule has 0 N–H and O–H groups in total. The zero-order chi connectivity index (χ0) is 8.97. The first-order chi connectivity index (χ1) is 5.74. The van der Waals surface area contributed by atoms with Crippen LogP contribution in [0.1, 0.15) is 46.0 Å². The lowest BCUT2D eigenvalue weighted by molar-refractivity contribution is 0.244. The summed E-state index contributed by atoms with van der Waals surface area (Å²) < 4.78 is 0. The van der Waals surface area contributed by atoms with Crippen LogP contribution in [0.2, 0.25) is 0 Å². The van der Waals surface area contributed by atoms with Gasteiger partial charge in [0.15, 0.2) is 0 Å². The van der Waals surface area contributed by atoms with Crippen molar-refractivity contribution in [2.45, 2.75) is 46.0 Å². The van der Waals surface area contributed by atoms with E-state index in [0.717, 1.165) is 17.8 Å². The molecule has 12 heavy (non-hydrogen) atoms. The molecule has 70 valence electrons. The van der Waals surface area contributed by atoms with Crippen molar-refractivity contribution in [2.24, 2.45) is 17.8 Å². The molecular weight excluding hydrogens is 144 g/mol. The van der Waals surface area contributed by atoms with Crippen molar-refractivity contribution in [1.29, 1.82) is 0 Å². The van der Waals surface area contributed by atoms with Gasteiger partial charge in [0.2, 0.25) is 0 Å². The monoisotopic (exact) mass is 166 g/mol. The molecule has 0 spiro atoms. The van der Waals surface area contributed by atoms with Gasteiger partial charge >= 0.3 is 0 Å². The molecule has 1 aliphatic rings. The third-order valence-electron chi connectivity index (χ3n) is 3.04. The predicted molar refractivity (Wildman–Crippen MR) is 55.1 cm³/mol. The van der Waals surface area contributed by atoms with Gasteiger partial charge in [-0.15, -0.1) is 6.58 Å². The summed E-state index contributed by atoms with van der Waals surface area (Å²) in [5.41, 5.74) is 0. The van der Waals surface area contributed by atoms with E-state index in [-0.39, 0.29) is 0 Å². The average molecular weight is 166 g/mol. The molecule has 1 fully saturated rings. The Labute approximate surface area is 77.1 Å². The van der Waals surface area contributed by atoms with Crippen molar-refractivity contribution in [1.82, 2.24) is 0 Å². The zero-order valence-electron chi connectivity index (χ0n) is 8.55. The lowest BCUT2D eigenvalue weighted by Gasteiger charge is -2.30. The van der Waals surface area contributed by atoms with Crippen molar-refractivity contribution >= 4 is 0 Å². The molecule has 0 aromatic rings. The van der Waals surface area contributed by atoms with Gasteiger partial charge < -0.3 is 0 Å². The van der Waals surface area contributed by atoms with Crippen LogP contribution >= 0.6 is 0 Å². The molecule has 0 aromatic carbocycles. The molecule has 1 aliphatic carbocycles. The maximum atomic E-state index is 3.94. The van der Waals surface area contributed by atoms with Crippen molar-refractivity contribution in [3.63, 3.8) is 0 Å². The fourth-order valence-corrected chi connectivity index (χ4v) is 2.44. The predicted octanol–water partition coefficient (Wildman–Crippen LogP) is 4.02. The van der Waals surface area contributed by atoms with Crippen LogP contribution in [-0.2, 0) is 0 Å². The Morgan fingerprint density at radius 1 is 1.33 bits per heavy atom. The number of rotatable bonds is 3. The van der Waals surface area contributed by atoms with Crippen LogP contribution in [0.3, 0.4) is 0 Å². The maximum Gasteiger partial charge on any atom is -0.0208 e. The third-order valence-corrected chi connectivity index (χ3v) is 3.04. The fourth-order valence-electron chi connectivity index (χ4n) is 2.44. The Balaban J connectivity index is 2.41. The van der Waals surface area contributed by atoms with E-state index in [9.17, 15) is 0 Å². The van der Waals surface area contributed by atoms with E-state index in [1.165, 1.54) is 32.1 Å². The van der Waals surface area contributed by atoms with E-state index in [4.69, 9.17) is 0 Å². The second-order valence-electron chi connectivity index (χ2n) is 4.57. The van der Waals surface area contributed by atoms with Crippen LogP contribution in [0.5, 0.6) is 0 Å². The normalized spacial score (nSPS) is 30.6. The largest absolute Gasteiger partial charge is 0.103 e. The summed E-state index contributed by atoms with van der Waals surface area (Å²) in [5, 5.41) is 0. The Bertz CT molecular complexity index is 135. The molecule has 0 bridgehead atoms. The minimum Gasteiger partial charge on any atom is -0.103 e. The van der Waals surface area contributed by atoms with Crippen molar-refractivity contribution in [3.05, 3.63) is 12.7 Å². The second kappa shape index (κ2) is 4.69. The van der Waals surface area contributed by atoms with E-state index in [0.29, 0.717) is 0 Å². The Hall–Kier alpha value is -0.260. The number of allylic oxidation sites excluding steroid dienone is 1. The Kier molecular flexibility index (Phi) is 3.84. The van der Waals surface area contributed by atoms with Gasteiger partial charge in [-0.05, 0) is 37.0 Å². The molecule has 1 rings (SSSR count). The third kappa shape index (κ3) is 2.66. The quantitative estimate of drug-likeness (QED) is 0.555. The minimum absolute atomic E-state index is 0.821. The van der Waals surface area contributed by atoms with Crippen LogP contribution in [-0.4, -0.2) is 0 Å². The summed E-state index contributed by atoms with van der Waals surface area (Å²) in [7, 11) is 0. The molecule has 0 amide bonds. The molecular formula is C12H22. The van der Waals surface area contributed by atoms with Gasteiger partial charge in [0.1, 0.15) is 0 Å². The van der Waals surface area contributed by atoms with Crippen LogP contribution in [0.15, 0.2) is 12.7 Å². The Morgan fingerprint density at radius 2 is 2.00 bits per heavy atom. The molecule has 0 radical (unpaired) electrons. The first-order valence-electron chi connectivity index (χ1n) is 5.36. The lowest BCUT2D eigenvalue weighted by Crippen LogP contribution is -2.19. The maximum absolute atomic E-state index is 3.94. The summed E-state index contributed by atoms with van der Waals surface area (Å²) in [6, 6.07) is 0. The van der Waals surface area contributed by atoms with Gasteiger partial charge in [-0.25, -0.2) is 0 Å². The van der Waals surface area contributed by atoms with Crippen LogP contribution in [0.4, 0.5) is 0 Å². The summed E-state index contributed by atoms with van der Waals surface area (Å²) >= 11 is 0. The second-order valence-corrected chi connectivity index (χ2v) is 4.57.